The minimum absolute atomic E-state index is 0.182. The summed E-state index contributed by atoms with van der Waals surface area (Å²) in [6, 6.07) is -0.753. The maximum absolute atomic E-state index is 11.0. The Labute approximate surface area is 81.2 Å². The first-order valence-electron chi connectivity index (χ1n) is 4.02. The van der Waals surface area contributed by atoms with Crippen LogP contribution in [0.4, 0.5) is 0 Å². The number of nitrogens with two attached hydrogens (primary N) is 2. The fourth-order valence-corrected chi connectivity index (χ4v) is 0.615. The largest absolute Gasteiger partial charge is 0.368 e. The van der Waals surface area contributed by atoms with Crippen molar-refractivity contribution in [2.24, 2.45) is 11.5 Å². The van der Waals surface area contributed by atoms with E-state index in [1.54, 1.807) is 0 Å². The van der Waals surface area contributed by atoms with Crippen LogP contribution in [0.15, 0.2) is 0 Å². The Morgan fingerprint density at radius 2 is 1.86 bits per heavy atom. The van der Waals surface area contributed by atoms with Gasteiger partial charge in [-0.15, -0.1) is 0 Å². The molecule has 0 bridgehead atoms. The first kappa shape index (κ1) is 12.4. The number of nitrogens with one attached hydrogen (secondary N) is 2. The van der Waals surface area contributed by atoms with E-state index in [-0.39, 0.29) is 13.1 Å². The highest BCUT2D eigenvalue weighted by atomic mass is 16.2. The second-order valence-electron chi connectivity index (χ2n) is 2.67. The third kappa shape index (κ3) is 5.09. The van der Waals surface area contributed by atoms with E-state index in [0.717, 1.165) is 0 Å². The number of hydrogen-bond acceptors (Lipinski definition) is 4. The van der Waals surface area contributed by atoms with Gasteiger partial charge in [0.1, 0.15) is 6.04 Å². The zero-order chi connectivity index (χ0) is 11.1. The van der Waals surface area contributed by atoms with Gasteiger partial charge < -0.3 is 22.1 Å². The van der Waals surface area contributed by atoms with Gasteiger partial charge in [0.25, 0.3) is 0 Å². The third-order valence-corrected chi connectivity index (χ3v) is 1.44. The number of amides is 3. The highest BCUT2D eigenvalue weighted by molar-refractivity contribution is 5.89. The first-order chi connectivity index (χ1) is 6.47. The van der Waals surface area contributed by atoms with Crippen LogP contribution in [0, 0.1) is 0 Å². The van der Waals surface area contributed by atoms with E-state index < -0.39 is 23.8 Å². The molecule has 0 aliphatic carbocycles. The molecule has 0 rings (SSSR count). The van der Waals surface area contributed by atoms with E-state index in [1.807, 2.05) is 0 Å². The summed E-state index contributed by atoms with van der Waals surface area (Å²) in [5, 5.41) is 4.54. The van der Waals surface area contributed by atoms with Gasteiger partial charge in [-0.3, -0.25) is 14.4 Å². The van der Waals surface area contributed by atoms with Gasteiger partial charge >= 0.3 is 0 Å². The summed E-state index contributed by atoms with van der Waals surface area (Å²) < 4.78 is 0. The number of carbonyl (C=O) groups excluding carboxylic acids is 3. The molecule has 0 aliphatic rings. The van der Waals surface area contributed by atoms with Crippen molar-refractivity contribution in [1.29, 1.82) is 0 Å². The maximum Gasteiger partial charge on any atom is 0.240 e. The predicted octanol–water partition coefficient (Wildman–Crippen LogP) is -2.95. The Bertz CT molecular complexity index is 241. The summed E-state index contributed by atoms with van der Waals surface area (Å²) in [4.78, 5) is 32.2. The Balaban J connectivity index is 3.76. The van der Waals surface area contributed by atoms with Gasteiger partial charge in [0.05, 0.1) is 13.1 Å². The maximum atomic E-state index is 11.0. The molecule has 0 aromatic carbocycles. The molecular weight excluding hydrogens is 188 g/mol. The van der Waals surface area contributed by atoms with Crippen molar-refractivity contribution < 1.29 is 14.4 Å². The van der Waals surface area contributed by atoms with Gasteiger partial charge in [-0.05, 0) is 6.92 Å². The molecule has 3 amide bonds. The summed E-state index contributed by atoms with van der Waals surface area (Å²) in [7, 11) is 0. The quantitative estimate of drug-likeness (QED) is 0.380. The fraction of sp³-hybridized carbons (Fsp3) is 0.571. The van der Waals surface area contributed by atoms with Gasteiger partial charge in [-0.2, -0.15) is 0 Å². The SMILES string of the molecule is CC(NC(=O)CNC(=O)CN)C(N)=O. The summed E-state index contributed by atoms with van der Waals surface area (Å²) in [5.74, 6) is -1.56. The van der Waals surface area contributed by atoms with Crippen LogP contribution in [-0.2, 0) is 14.4 Å². The van der Waals surface area contributed by atoms with E-state index in [4.69, 9.17) is 11.5 Å². The van der Waals surface area contributed by atoms with Crippen LogP contribution >= 0.6 is 0 Å². The van der Waals surface area contributed by atoms with Crippen LogP contribution in [-0.4, -0.2) is 36.9 Å². The summed E-state index contributed by atoms with van der Waals surface area (Å²) >= 11 is 0. The van der Waals surface area contributed by atoms with Crippen LogP contribution in [0.25, 0.3) is 0 Å². The van der Waals surface area contributed by atoms with Gasteiger partial charge in [0, 0.05) is 0 Å². The molecule has 0 aromatic rings. The molecular formula is C7H14N4O3. The normalized spacial score (nSPS) is 11.6. The second-order valence-corrected chi connectivity index (χ2v) is 2.67. The molecule has 80 valence electrons. The lowest BCUT2D eigenvalue weighted by Crippen LogP contribution is -2.46. The van der Waals surface area contributed by atoms with E-state index >= 15 is 0 Å². The molecule has 0 aromatic heterocycles. The van der Waals surface area contributed by atoms with Crippen LogP contribution < -0.4 is 22.1 Å². The highest BCUT2D eigenvalue weighted by Gasteiger charge is 2.11. The lowest BCUT2D eigenvalue weighted by Gasteiger charge is -2.10. The summed E-state index contributed by atoms with van der Waals surface area (Å²) in [5.41, 5.74) is 9.90. The molecule has 6 N–H and O–H groups in total. The zero-order valence-electron chi connectivity index (χ0n) is 7.87. The number of primary amides is 1. The van der Waals surface area contributed by atoms with E-state index in [1.165, 1.54) is 6.92 Å². The van der Waals surface area contributed by atoms with Gasteiger partial charge in [0.2, 0.25) is 17.7 Å². The van der Waals surface area contributed by atoms with Crippen molar-refractivity contribution in [2.75, 3.05) is 13.1 Å². The van der Waals surface area contributed by atoms with Crippen molar-refractivity contribution >= 4 is 17.7 Å². The molecule has 0 saturated heterocycles. The molecule has 14 heavy (non-hydrogen) atoms. The van der Waals surface area contributed by atoms with Crippen molar-refractivity contribution in [3.63, 3.8) is 0 Å². The zero-order valence-corrected chi connectivity index (χ0v) is 7.87. The second kappa shape index (κ2) is 5.92. The summed E-state index contributed by atoms with van der Waals surface area (Å²) in [6.07, 6.45) is 0. The van der Waals surface area contributed by atoms with Gasteiger partial charge in [0.15, 0.2) is 0 Å². The van der Waals surface area contributed by atoms with Crippen LogP contribution in [0.3, 0.4) is 0 Å². The molecule has 0 fully saturated rings. The minimum atomic E-state index is -0.753. The molecule has 1 unspecified atom stereocenters. The average molecular weight is 202 g/mol. The molecule has 7 heteroatoms. The molecule has 0 heterocycles. The molecule has 0 aliphatic heterocycles. The Hall–Kier alpha value is -1.63. The standard InChI is InChI=1S/C7H14N4O3/c1-4(7(9)14)11-6(13)3-10-5(12)2-8/h4H,2-3,8H2,1H3,(H2,9,14)(H,10,12)(H,11,13). The fourth-order valence-electron chi connectivity index (χ4n) is 0.615. The molecule has 7 nitrogen and oxygen atoms in total. The molecule has 0 saturated carbocycles. The van der Waals surface area contributed by atoms with Crippen molar-refractivity contribution in [3.05, 3.63) is 0 Å². The van der Waals surface area contributed by atoms with Crippen LogP contribution in [0.1, 0.15) is 6.92 Å². The number of carbonyl (C=O) groups is 3. The topological polar surface area (TPSA) is 127 Å². The van der Waals surface area contributed by atoms with E-state index in [9.17, 15) is 14.4 Å². The molecule has 0 radical (unpaired) electrons. The van der Waals surface area contributed by atoms with E-state index in [0.29, 0.717) is 0 Å². The molecule has 0 spiro atoms. The Morgan fingerprint density at radius 1 is 1.29 bits per heavy atom. The number of rotatable bonds is 5. The first-order valence-corrected chi connectivity index (χ1v) is 4.02. The van der Waals surface area contributed by atoms with E-state index in [2.05, 4.69) is 10.6 Å². The van der Waals surface area contributed by atoms with Gasteiger partial charge in [-0.25, -0.2) is 0 Å². The third-order valence-electron chi connectivity index (χ3n) is 1.44. The van der Waals surface area contributed by atoms with Crippen molar-refractivity contribution in [3.8, 4) is 0 Å². The highest BCUT2D eigenvalue weighted by Crippen LogP contribution is 1.77. The predicted molar refractivity (Wildman–Crippen MR) is 48.9 cm³/mol. The Morgan fingerprint density at radius 3 is 2.29 bits per heavy atom. The lowest BCUT2D eigenvalue weighted by molar-refractivity contribution is -0.128. The monoisotopic (exact) mass is 202 g/mol. The average Bonchev–Trinajstić information content (AvgIpc) is 2.13. The minimum Gasteiger partial charge on any atom is -0.368 e. The Kier molecular flexibility index (Phi) is 5.23. The van der Waals surface area contributed by atoms with Crippen LogP contribution in [0.2, 0.25) is 0 Å². The number of hydrogen-bond donors (Lipinski definition) is 4. The lowest BCUT2D eigenvalue weighted by atomic mass is 10.3. The summed E-state index contributed by atoms with van der Waals surface area (Å²) in [6.45, 7) is 1.05. The molecule has 1 atom stereocenters. The van der Waals surface area contributed by atoms with Crippen molar-refractivity contribution in [2.45, 2.75) is 13.0 Å². The van der Waals surface area contributed by atoms with Gasteiger partial charge in [-0.1, -0.05) is 0 Å². The van der Waals surface area contributed by atoms with Crippen LogP contribution in [0.5, 0.6) is 0 Å². The smallest absolute Gasteiger partial charge is 0.240 e. The van der Waals surface area contributed by atoms with Crippen molar-refractivity contribution in [1.82, 2.24) is 10.6 Å².